The number of para-hydroxylation sites is 2. The van der Waals surface area contributed by atoms with Gasteiger partial charge in [-0.25, -0.2) is 10.4 Å². The standard InChI is InChI=1S/C20H23N3O2/c1-2-15-8-6-7-11-18(15)21-14-17-19(12-13-24)22-23(20(17)25)16-9-4-3-5-10-16/h3-11,14,19,21-22,24H,2,12-13H2,1H3/b17-14-. The second-order valence-corrected chi connectivity index (χ2v) is 5.92. The largest absolute Gasteiger partial charge is 0.396 e. The van der Waals surface area contributed by atoms with Gasteiger partial charge in [0.05, 0.1) is 17.3 Å². The number of anilines is 2. The lowest BCUT2D eigenvalue weighted by Gasteiger charge is -2.16. The van der Waals surface area contributed by atoms with Crippen LogP contribution in [0, 0.1) is 0 Å². The molecule has 1 unspecified atom stereocenters. The molecule has 1 atom stereocenters. The van der Waals surface area contributed by atoms with Crippen molar-refractivity contribution < 1.29 is 9.90 Å². The van der Waals surface area contributed by atoms with E-state index in [0.717, 1.165) is 17.8 Å². The third-order valence-electron chi connectivity index (χ3n) is 4.32. The Morgan fingerprint density at radius 3 is 2.60 bits per heavy atom. The fourth-order valence-electron chi connectivity index (χ4n) is 2.97. The summed E-state index contributed by atoms with van der Waals surface area (Å²) in [5, 5.41) is 14.1. The maximum absolute atomic E-state index is 12.8. The Morgan fingerprint density at radius 1 is 1.16 bits per heavy atom. The van der Waals surface area contributed by atoms with Gasteiger partial charge in [0.1, 0.15) is 0 Å². The number of hydrazine groups is 1. The molecule has 3 rings (SSSR count). The number of hydrogen-bond donors (Lipinski definition) is 3. The summed E-state index contributed by atoms with van der Waals surface area (Å²) in [6.07, 6.45) is 3.14. The zero-order valence-electron chi connectivity index (χ0n) is 14.3. The molecule has 0 radical (unpaired) electrons. The van der Waals surface area contributed by atoms with Crippen molar-refractivity contribution in [1.82, 2.24) is 5.43 Å². The molecule has 1 heterocycles. The molecule has 1 aliphatic heterocycles. The van der Waals surface area contributed by atoms with E-state index in [0.29, 0.717) is 12.0 Å². The maximum Gasteiger partial charge on any atom is 0.271 e. The topological polar surface area (TPSA) is 64.6 Å². The van der Waals surface area contributed by atoms with Crippen molar-refractivity contribution >= 4 is 17.3 Å². The third kappa shape index (κ3) is 3.73. The van der Waals surface area contributed by atoms with E-state index in [1.165, 1.54) is 5.56 Å². The predicted molar refractivity (Wildman–Crippen MR) is 100 cm³/mol. The van der Waals surface area contributed by atoms with Gasteiger partial charge < -0.3 is 10.4 Å². The molecular formula is C20H23N3O2. The van der Waals surface area contributed by atoms with Gasteiger partial charge in [0.2, 0.25) is 0 Å². The number of amides is 1. The highest BCUT2D eigenvalue weighted by molar-refractivity contribution is 6.08. The Kier molecular flexibility index (Phi) is 5.48. The molecule has 1 amide bonds. The van der Waals surface area contributed by atoms with Gasteiger partial charge >= 0.3 is 0 Å². The minimum Gasteiger partial charge on any atom is -0.396 e. The van der Waals surface area contributed by atoms with Gasteiger partial charge in [0.15, 0.2) is 0 Å². The van der Waals surface area contributed by atoms with Gasteiger partial charge in [-0.1, -0.05) is 43.3 Å². The molecule has 2 aromatic rings. The Balaban J connectivity index is 1.86. The second-order valence-electron chi connectivity index (χ2n) is 5.92. The van der Waals surface area contributed by atoms with Gasteiger partial charge in [-0.05, 0) is 36.6 Å². The fourth-order valence-corrected chi connectivity index (χ4v) is 2.97. The quantitative estimate of drug-likeness (QED) is 0.709. The number of benzene rings is 2. The van der Waals surface area contributed by atoms with Crippen LogP contribution in [-0.2, 0) is 11.2 Å². The first-order valence-electron chi connectivity index (χ1n) is 8.55. The fraction of sp³-hybridized carbons (Fsp3) is 0.250. The molecule has 3 N–H and O–H groups in total. The molecule has 0 aliphatic carbocycles. The summed E-state index contributed by atoms with van der Waals surface area (Å²) in [7, 11) is 0. The summed E-state index contributed by atoms with van der Waals surface area (Å²) >= 11 is 0. The lowest BCUT2D eigenvalue weighted by Crippen LogP contribution is -2.37. The maximum atomic E-state index is 12.8. The van der Waals surface area contributed by atoms with E-state index in [1.807, 2.05) is 48.5 Å². The first-order valence-corrected chi connectivity index (χ1v) is 8.55. The van der Waals surface area contributed by atoms with Crippen molar-refractivity contribution in [3.05, 3.63) is 71.9 Å². The number of rotatable bonds is 6. The minimum absolute atomic E-state index is 0.0104. The number of aryl methyl sites for hydroxylation is 1. The van der Waals surface area contributed by atoms with E-state index in [-0.39, 0.29) is 18.6 Å². The van der Waals surface area contributed by atoms with Crippen molar-refractivity contribution in [1.29, 1.82) is 0 Å². The minimum atomic E-state index is -0.223. The van der Waals surface area contributed by atoms with Gasteiger partial charge in [-0.3, -0.25) is 4.79 Å². The molecule has 1 saturated heterocycles. The molecular weight excluding hydrogens is 314 g/mol. The normalized spacial score (nSPS) is 18.8. The summed E-state index contributed by atoms with van der Waals surface area (Å²) in [6.45, 7) is 2.11. The van der Waals surface area contributed by atoms with Crippen LogP contribution in [-0.4, -0.2) is 23.7 Å². The summed E-state index contributed by atoms with van der Waals surface area (Å²) in [5.41, 5.74) is 6.77. The third-order valence-corrected chi connectivity index (χ3v) is 4.32. The first-order chi connectivity index (χ1) is 12.2. The van der Waals surface area contributed by atoms with Crippen LogP contribution in [0.5, 0.6) is 0 Å². The molecule has 0 saturated carbocycles. The number of hydrogen-bond acceptors (Lipinski definition) is 4. The number of nitrogens with one attached hydrogen (secondary N) is 2. The number of carbonyl (C=O) groups excluding carboxylic acids is 1. The molecule has 25 heavy (non-hydrogen) atoms. The van der Waals surface area contributed by atoms with E-state index < -0.39 is 0 Å². The average molecular weight is 337 g/mol. The Bertz CT molecular complexity index is 759. The molecule has 2 aromatic carbocycles. The van der Waals surface area contributed by atoms with E-state index in [1.54, 1.807) is 11.2 Å². The Hall–Kier alpha value is -2.63. The summed E-state index contributed by atoms with van der Waals surface area (Å²) in [4.78, 5) is 12.8. The van der Waals surface area contributed by atoms with Crippen LogP contribution < -0.4 is 15.8 Å². The molecule has 1 aliphatic rings. The van der Waals surface area contributed by atoms with Crippen LogP contribution in [0.1, 0.15) is 18.9 Å². The molecule has 0 aromatic heterocycles. The lowest BCUT2D eigenvalue weighted by atomic mass is 10.1. The summed E-state index contributed by atoms with van der Waals surface area (Å²) in [5.74, 6) is -0.105. The highest BCUT2D eigenvalue weighted by Gasteiger charge is 2.35. The van der Waals surface area contributed by atoms with Gasteiger partial charge in [0, 0.05) is 18.5 Å². The zero-order chi connectivity index (χ0) is 17.6. The van der Waals surface area contributed by atoms with Crippen LogP contribution in [0.25, 0.3) is 0 Å². The van der Waals surface area contributed by atoms with E-state index in [4.69, 9.17) is 0 Å². The van der Waals surface area contributed by atoms with Crippen molar-refractivity contribution in [3.63, 3.8) is 0 Å². The molecule has 0 bridgehead atoms. The lowest BCUT2D eigenvalue weighted by molar-refractivity contribution is -0.114. The van der Waals surface area contributed by atoms with Gasteiger partial charge in [-0.2, -0.15) is 0 Å². The highest BCUT2D eigenvalue weighted by atomic mass is 16.3. The second kappa shape index (κ2) is 7.96. The van der Waals surface area contributed by atoms with Gasteiger partial charge in [0.25, 0.3) is 5.91 Å². The monoisotopic (exact) mass is 337 g/mol. The average Bonchev–Trinajstić information content (AvgIpc) is 2.97. The first kappa shape index (κ1) is 17.2. The van der Waals surface area contributed by atoms with Crippen LogP contribution in [0.2, 0.25) is 0 Å². The van der Waals surface area contributed by atoms with Crippen molar-refractivity contribution in [3.8, 4) is 0 Å². The van der Waals surface area contributed by atoms with Crippen molar-refractivity contribution in [2.24, 2.45) is 0 Å². The van der Waals surface area contributed by atoms with Crippen LogP contribution >= 0.6 is 0 Å². The molecule has 5 nitrogen and oxygen atoms in total. The predicted octanol–water partition coefficient (Wildman–Crippen LogP) is 2.85. The van der Waals surface area contributed by atoms with Crippen molar-refractivity contribution in [2.75, 3.05) is 16.9 Å². The van der Waals surface area contributed by atoms with Crippen LogP contribution in [0.4, 0.5) is 11.4 Å². The Morgan fingerprint density at radius 2 is 1.88 bits per heavy atom. The van der Waals surface area contributed by atoms with Gasteiger partial charge in [-0.15, -0.1) is 0 Å². The van der Waals surface area contributed by atoms with Crippen LogP contribution in [0.15, 0.2) is 66.4 Å². The highest BCUT2D eigenvalue weighted by Crippen LogP contribution is 2.24. The molecule has 0 spiro atoms. The molecule has 130 valence electrons. The smallest absolute Gasteiger partial charge is 0.271 e. The Labute approximate surface area is 147 Å². The van der Waals surface area contributed by atoms with E-state index in [9.17, 15) is 9.90 Å². The van der Waals surface area contributed by atoms with E-state index in [2.05, 4.69) is 23.7 Å². The number of aliphatic hydroxyl groups is 1. The summed E-state index contributed by atoms with van der Waals surface area (Å²) < 4.78 is 0. The number of carbonyl (C=O) groups is 1. The number of nitrogens with zero attached hydrogens (tertiary/aromatic N) is 1. The molecule has 1 fully saturated rings. The van der Waals surface area contributed by atoms with Crippen molar-refractivity contribution in [2.45, 2.75) is 25.8 Å². The van der Waals surface area contributed by atoms with Crippen LogP contribution in [0.3, 0.4) is 0 Å². The SMILES string of the molecule is CCc1ccccc1N/C=C1\C(=O)N(c2ccccc2)NC1CCO. The van der Waals surface area contributed by atoms with E-state index >= 15 is 0 Å². The number of aliphatic hydroxyl groups excluding tert-OH is 1. The molecule has 5 heteroatoms. The zero-order valence-corrected chi connectivity index (χ0v) is 14.3. The summed E-state index contributed by atoms with van der Waals surface area (Å²) in [6, 6.07) is 17.3.